The number of nitrogens with two attached hydrogens (primary N) is 1. The number of hydrogen-bond acceptors (Lipinski definition) is 4. The van der Waals surface area contributed by atoms with Gasteiger partial charge in [-0.3, -0.25) is 4.79 Å². The first-order chi connectivity index (χ1) is 6.68. The molecule has 0 amide bonds. The molecule has 0 spiro atoms. The van der Waals surface area contributed by atoms with Crippen molar-refractivity contribution in [2.45, 2.75) is 13.3 Å². The molecule has 1 aromatic rings. The summed E-state index contributed by atoms with van der Waals surface area (Å²) in [5.41, 5.74) is 6.91. The topological polar surface area (TPSA) is 72.9 Å². The number of rotatable bonds is 1. The molecule has 1 fully saturated rings. The molecule has 1 aromatic heterocycles. The lowest BCUT2D eigenvalue weighted by atomic mass is 10.1. The van der Waals surface area contributed by atoms with Crippen molar-refractivity contribution in [3.8, 4) is 0 Å². The molecule has 1 aliphatic rings. The van der Waals surface area contributed by atoms with E-state index in [9.17, 15) is 4.79 Å². The second-order valence-corrected chi connectivity index (χ2v) is 3.64. The predicted octanol–water partition coefficient (Wildman–Crippen LogP) is 0.0234. The van der Waals surface area contributed by atoms with Gasteiger partial charge in [0.15, 0.2) is 0 Å². The number of carbonyl (C=O) groups excluding carboxylic acids is 1. The zero-order chi connectivity index (χ0) is 10.1. The Morgan fingerprint density at radius 3 is 3.07 bits per heavy atom. The Bertz CT molecular complexity index is 332. The van der Waals surface area contributed by atoms with Crippen LogP contribution in [0.25, 0.3) is 0 Å². The summed E-state index contributed by atoms with van der Waals surface area (Å²) in [4.78, 5) is 11.8. The fourth-order valence-corrected chi connectivity index (χ4v) is 1.64. The van der Waals surface area contributed by atoms with E-state index in [1.807, 2.05) is 0 Å². The molecule has 0 aliphatic carbocycles. The number of anilines is 1. The standard InChI is InChI=1S/C9H14N4O/c1-6-8(10)5-13(12-6)9(14)7-2-3-11-4-7/h5,7,11H,2-4,10H2,1H3. The number of carbonyl (C=O) groups is 1. The summed E-state index contributed by atoms with van der Waals surface area (Å²) in [6, 6.07) is 0. The van der Waals surface area contributed by atoms with Crippen LogP contribution in [-0.2, 0) is 0 Å². The van der Waals surface area contributed by atoms with Crippen molar-refractivity contribution >= 4 is 11.6 Å². The Morgan fingerprint density at radius 1 is 1.79 bits per heavy atom. The second kappa shape index (κ2) is 3.42. The van der Waals surface area contributed by atoms with Crippen molar-refractivity contribution in [2.75, 3.05) is 18.8 Å². The van der Waals surface area contributed by atoms with Gasteiger partial charge in [0.2, 0.25) is 0 Å². The van der Waals surface area contributed by atoms with Crippen LogP contribution in [0.2, 0.25) is 0 Å². The minimum absolute atomic E-state index is 0.0369. The lowest BCUT2D eigenvalue weighted by molar-refractivity contribution is 0.0828. The fourth-order valence-electron chi connectivity index (χ4n) is 1.64. The molecule has 1 unspecified atom stereocenters. The van der Waals surface area contributed by atoms with Gasteiger partial charge in [0.25, 0.3) is 5.91 Å². The number of aromatic nitrogens is 2. The molecule has 0 radical (unpaired) electrons. The summed E-state index contributed by atoms with van der Waals surface area (Å²) in [7, 11) is 0. The van der Waals surface area contributed by atoms with Crippen LogP contribution < -0.4 is 11.1 Å². The van der Waals surface area contributed by atoms with Crippen molar-refractivity contribution in [3.05, 3.63) is 11.9 Å². The van der Waals surface area contributed by atoms with E-state index >= 15 is 0 Å². The van der Waals surface area contributed by atoms with E-state index in [4.69, 9.17) is 5.73 Å². The van der Waals surface area contributed by atoms with E-state index in [0.29, 0.717) is 11.4 Å². The Labute approximate surface area is 82.3 Å². The molecule has 0 aromatic carbocycles. The van der Waals surface area contributed by atoms with Gasteiger partial charge in [-0.05, 0) is 19.9 Å². The van der Waals surface area contributed by atoms with Crippen LogP contribution >= 0.6 is 0 Å². The average molecular weight is 194 g/mol. The third kappa shape index (κ3) is 1.50. The van der Waals surface area contributed by atoms with Crippen molar-refractivity contribution < 1.29 is 4.79 Å². The van der Waals surface area contributed by atoms with Gasteiger partial charge in [0, 0.05) is 6.54 Å². The highest BCUT2D eigenvalue weighted by molar-refractivity contribution is 5.81. The van der Waals surface area contributed by atoms with Gasteiger partial charge in [0.05, 0.1) is 23.5 Å². The molecule has 14 heavy (non-hydrogen) atoms. The molecule has 1 aliphatic heterocycles. The van der Waals surface area contributed by atoms with Crippen LogP contribution in [-0.4, -0.2) is 28.8 Å². The van der Waals surface area contributed by atoms with Crippen molar-refractivity contribution in [2.24, 2.45) is 5.92 Å². The first-order valence-electron chi connectivity index (χ1n) is 4.75. The molecule has 0 saturated carbocycles. The van der Waals surface area contributed by atoms with Crippen LogP contribution in [0.1, 0.15) is 16.9 Å². The molecule has 5 heteroatoms. The molecule has 2 heterocycles. The smallest absolute Gasteiger partial charge is 0.251 e. The SMILES string of the molecule is Cc1nn(C(=O)C2CCNC2)cc1N. The minimum Gasteiger partial charge on any atom is -0.396 e. The monoisotopic (exact) mass is 194 g/mol. The fraction of sp³-hybridized carbons (Fsp3) is 0.556. The van der Waals surface area contributed by atoms with Crippen LogP contribution in [0.5, 0.6) is 0 Å². The lowest BCUT2D eigenvalue weighted by Crippen LogP contribution is -2.24. The van der Waals surface area contributed by atoms with E-state index in [0.717, 1.165) is 19.5 Å². The normalized spacial score (nSPS) is 21.4. The van der Waals surface area contributed by atoms with Crippen LogP contribution in [0.3, 0.4) is 0 Å². The minimum atomic E-state index is 0.0369. The van der Waals surface area contributed by atoms with Crippen molar-refractivity contribution in [1.29, 1.82) is 0 Å². The van der Waals surface area contributed by atoms with Gasteiger partial charge in [-0.15, -0.1) is 0 Å². The van der Waals surface area contributed by atoms with Crippen LogP contribution in [0, 0.1) is 12.8 Å². The number of nitrogens with one attached hydrogen (secondary N) is 1. The Balaban J connectivity index is 2.18. The Kier molecular flexibility index (Phi) is 2.25. The Hall–Kier alpha value is -1.36. The third-order valence-corrected chi connectivity index (χ3v) is 2.57. The largest absolute Gasteiger partial charge is 0.396 e. The summed E-state index contributed by atoms with van der Waals surface area (Å²) in [6.07, 6.45) is 2.48. The number of hydrogen-bond donors (Lipinski definition) is 2. The maximum atomic E-state index is 11.8. The summed E-state index contributed by atoms with van der Waals surface area (Å²) in [5, 5.41) is 7.22. The molecule has 5 nitrogen and oxygen atoms in total. The molecule has 76 valence electrons. The average Bonchev–Trinajstić information content (AvgIpc) is 2.76. The van der Waals surface area contributed by atoms with Crippen LogP contribution in [0.4, 0.5) is 5.69 Å². The Morgan fingerprint density at radius 2 is 2.57 bits per heavy atom. The van der Waals surface area contributed by atoms with Gasteiger partial charge in [-0.25, -0.2) is 4.68 Å². The first-order valence-corrected chi connectivity index (χ1v) is 4.75. The van der Waals surface area contributed by atoms with Gasteiger partial charge in [-0.1, -0.05) is 0 Å². The second-order valence-electron chi connectivity index (χ2n) is 3.64. The molecular weight excluding hydrogens is 180 g/mol. The quantitative estimate of drug-likeness (QED) is 0.661. The maximum absolute atomic E-state index is 11.8. The summed E-state index contributed by atoms with van der Waals surface area (Å²) >= 11 is 0. The third-order valence-electron chi connectivity index (χ3n) is 2.57. The zero-order valence-corrected chi connectivity index (χ0v) is 8.16. The highest BCUT2D eigenvalue weighted by Crippen LogP contribution is 2.13. The highest BCUT2D eigenvalue weighted by Gasteiger charge is 2.24. The first kappa shape index (κ1) is 9.21. The van der Waals surface area contributed by atoms with Gasteiger partial charge in [0.1, 0.15) is 0 Å². The van der Waals surface area contributed by atoms with E-state index in [2.05, 4.69) is 10.4 Å². The summed E-state index contributed by atoms with van der Waals surface area (Å²) in [5.74, 6) is 0.0866. The van der Waals surface area contributed by atoms with Gasteiger partial charge in [-0.2, -0.15) is 5.10 Å². The van der Waals surface area contributed by atoms with Crippen molar-refractivity contribution in [1.82, 2.24) is 15.1 Å². The molecule has 0 bridgehead atoms. The molecule has 2 rings (SSSR count). The number of aryl methyl sites for hydroxylation is 1. The van der Waals surface area contributed by atoms with Gasteiger partial charge >= 0.3 is 0 Å². The van der Waals surface area contributed by atoms with Crippen LogP contribution in [0.15, 0.2) is 6.20 Å². The van der Waals surface area contributed by atoms with E-state index in [1.54, 1.807) is 13.1 Å². The van der Waals surface area contributed by atoms with Crippen molar-refractivity contribution in [3.63, 3.8) is 0 Å². The summed E-state index contributed by atoms with van der Waals surface area (Å²) in [6.45, 7) is 3.45. The summed E-state index contributed by atoms with van der Waals surface area (Å²) < 4.78 is 1.36. The molecule has 1 saturated heterocycles. The molecular formula is C9H14N4O. The predicted molar refractivity (Wildman–Crippen MR) is 53.0 cm³/mol. The zero-order valence-electron chi connectivity index (χ0n) is 8.16. The van der Waals surface area contributed by atoms with E-state index in [1.165, 1.54) is 4.68 Å². The number of nitrogens with zero attached hydrogens (tertiary/aromatic N) is 2. The highest BCUT2D eigenvalue weighted by atomic mass is 16.2. The molecule has 1 atom stereocenters. The van der Waals surface area contributed by atoms with E-state index in [-0.39, 0.29) is 11.8 Å². The van der Waals surface area contributed by atoms with Gasteiger partial charge < -0.3 is 11.1 Å². The molecule has 3 N–H and O–H groups in total. The number of nitrogen functional groups attached to an aromatic ring is 1. The van der Waals surface area contributed by atoms with E-state index < -0.39 is 0 Å². The maximum Gasteiger partial charge on any atom is 0.251 e. The lowest BCUT2D eigenvalue weighted by Gasteiger charge is -2.05.